The van der Waals surface area contributed by atoms with Crippen molar-refractivity contribution in [1.82, 2.24) is 9.97 Å². The number of fused-ring (bicyclic) bond motifs is 1. The normalized spacial score (nSPS) is 14.3. The molecule has 0 aliphatic heterocycles. The van der Waals surface area contributed by atoms with Crippen LogP contribution >= 0.6 is 0 Å². The Bertz CT molecular complexity index is 1160. The van der Waals surface area contributed by atoms with Crippen molar-refractivity contribution in [3.05, 3.63) is 71.2 Å². The summed E-state index contributed by atoms with van der Waals surface area (Å²) in [5.74, 6) is 1.10. The first-order valence-electron chi connectivity index (χ1n) is 9.67. The van der Waals surface area contributed by atoms with Crippen LogP contribution in [0.25, 0.3) is 0 Å². The molecule has 31 heavy (non-hydrogen) atoms. The second-order valence-corrected chi connectivity index (χ2v) is 6.90. The van der Waals surface area contributed by atoms with Crippen molar-refractivity contribution >= 4 is 17.5 Å². The second-order valence-electron chi connectivity index (χ2n) is 6.90. The third kappa shape index (κ3) is 4.12. The van der Waals surface area contributed by atoms with E-state index in [4.69, 9.17) is 19.5 Å². The first kappa shape index (κ1) is 20.2. The maximum Gasteiger partial charge on any atom is 0.338 e. The van der Waals surface area contributed by atoms with Crippen molar-refractivity contribution < 1.29 is 19.0 Å². The van der Waals surface area contributed by atoms with Crippen molar-refractivity contribution in [3.63, 3.8) is 0 Å². The molecule has 1 unspecified atom stereocenters. The lowest BCUT2D eigenvalue weighted by molar-refractivity contribution is 0.0302. The van der Waals surface area contributed by atoms with E-state index in [1.165, 1.54) is 20.5 Å². The fraction of sp³-hybridized carbons (Fsp3) is 0.217. The van der Waals surface area contributed by atoms with Gasteiger partial charge in [-0.2, -0.15) is 5.26 Å². The maximum atomic E-state index is 12.8. The predicted molar refractivity (Wildman–Crippen MR) is 112 cm³/mol. The summed E-state index contributed by atoms with van der Waals surface area (Å²) in [6.45, 7) is 0. The third-order valence-electron chi connectivity index (χ3n) is 5.08. The first-order valence-corrected chi connectivity index (χ1v) is 9.67. The largest absolute Gasteiger partial charge is 0.493 e. The molecule has 3 aromatic rings. The lowest BCUT2D eigenvalue weighted by atomic mass is 10.1. The van der Waals surface area contributed by atoms with Crippen molar-refractivity contribution in [3.8, 4) is 17.6 Å². The average Bonchev–Trinajstić information content (AvgIpc) is 3.22. The Kier molecular flexibility index (Phi) is 5.67. The quantitative estimate of drug-likeness (QED) is 0.602. The Morgan fingerprint density at radius 3 is 2.58 bits per heavy atom. The van der Waals surface area contributed by atoms with Gasteiger partial charge in [-0.05, 0) is 55.3 Å². The second kappa shape index (κ2) is 8.71. The molecule has 1 atom stereocenters. The number of anilines is 2. The van der Waals surface area contributed by atoms with Crippen LogP contribution in [0.5, 0.6) is 11.5 Å². The number of benzene rings is 2. The SMILES string of the molecule is COc1ccc(C(=O)OC2CCc3ncnc(Nc4ccc(C#N)cc4)c32)cc1OC. The van der Waals surface area contributed by atoms with Crippen molar-refractivity contribution in [2.75, 3.05) is 19.5 Å². The molecular formula is C23H20N4O4. The Morgan fingerprint density at radius 1 is 1.10 bits per heavy atom. The third-order valence-corrected chi connectivity index (χ3v) is 5.08. The van der Waals surface area contributed by atoms with Crippen molar-refractivity contribution in [1.29, 1.82) is 5.26 Å². The molecule has 8 nitrogen and oxygen atoms in total. The molecule has 4 rings (SSSR count). The molecule has 0 saturated carbocycles. The summed E-state index contributed by atoms with van der Waals surface area (Å²) in [7, 11) is 3.05. The standard InChI is InChI=1S/C23H20N4O4/c1-29-18-9-5-15(11-20(18)30-2)23(28)31-19-10-8-17-21(19)22(26-13-25-17)27-16-6-3-14(12-24)4-7-16/h3-7,9,11,13,19H,8,10H2,1-2H3,(H,25,26,27). The number of hydrogen-bond donors (Lipinski definition) is 1. The zero-order chi connectivity index (χ0) is 21.8. The monoisotopic (exact) mass is 416 g/mol. The van der Waals surface area contributed by atoms with Crippen LogP contribution < -0.4 is 14.8 Å². The van der Waals surface area contributed by atoms with Gasteiger partial charge < -0.3 is 19.5 Å². The Hall–Kier alpha value is -4.12. The predicted octanol–water partition coefficient (Wildman–Crippen LogP) is 3.95. The summed E-state index contributed by atoms with van der Waals surface area (Å²) in [5, 5.41) is 12.2. The summed E-state index contributed by atoms with van der Waals surface area (Å²) in [6, 6.07) is 14.0. The molecule has 1 aliphatic rings. The Labute approximate surface area is 179 Å². The number of nitriles is 1. The van der Waals surface area contributed by atoms with E-state index in [9.17, 15) is 4.79 Å². The summed E-state index contributed by atoms with van der Waals surface area (Å²) in [6.07, 6.45) is 2.32. The van der Waals surface area contributed by atoms with Crippen LogP contribution in [0, 0.1) is 11.3 Å². The van der Waals surface area contributed by atoms with E-state index < -0.39 is 12.1 Å². The van der Waals surface area contributed by atoms with E-state index in [0.717, 1.165) is 16.9 Å². The van der Waals surface area contributed by atoms with Gasteiger partial charge >= 0.3 is 5.97 Å². The van der Waals surface area contributed by atoms with Gasteiger partial charge in [-0.3, -0.25) is 0 Å². The molecule has 0 spiro atoms. The van der Waals surface area contributed by atoms with Crippen LogP contribution in [0.3, 0.4) is 0 Å². The summed E-state index contributed by atoms with van der Waals surface area (Å²) in [4.78, 5) is 21.5. The summed E-state index contributed by atoms with van der Waals surface area (Å²) >= 11 is 0. The molecule has 0 amide bonds. The highest BCUT2D eigenvalue weighted by atomic mass is 16.5. The molecule has 2 aromatic carbocycles. The lowest BCUT2D eigenvalue weighted by Crippen LogP contribution is -2.12. The van der Waals surface area contributed by atoms with Gasteiger partial charge in [0.1, 0.15) is 18.2 Å². The molecule has 0 bridgehead atoms. The van der Waals surface area contributed by atoms with Crippen LogP contribution in [0.4, 0.5) is 11.5 Å². The minimum Gasteiger partial charge on any atom is -0.493 e. The van der Waals surface area contributed by atoms with Crippen molar-refractivity contribution in [2.45, 2.75) is 18.9 Å². The molecule has 1 N–H and O–H groups in total. The number of hydrogen-bond acceptors (Lipinski definition) is 8. The van der Waals surface area contributed by atoms with E-state index in [1.54, 1.807) is 42.5 Å². The van der Waals surface area contributed by atoms with Gasteiger partial charge in [0.15, 0.2) is 11.5 Å². The van der Waals surface area contributed by atoms with Crippen LogP contribution in [0.15, 0.2) is 48.8 Å². The first-order chi connectivity index (χ1) is 15.1. The van der Waals surface area contributed by atoms with Crippen LogP contribution in [0.2, 0.25) is 0 Å². The van der Waals surface area contributed by atoms with Crippen LogP contribution in [-0.2, 0) is 11.2 Å². The zero-order valence-corrected chi connectivity index (χ0v) is 17.1. The van der Waals surface area contributed by atoms with Gasteiger partial charge in [0.2, 0.25) is 0 Å². The topological polar surface area (TPSA) is 106 Å². The fourth-order valence-corrected chi connectivity index (χ4v) is 3.52. The van der Waals surface area contributed by atoms with Gasteiger partial charge in [0.05, 0.1) is 42.7 Å². The number of aryl methyl sites for hydroxylation is 1. The van der Waals surface area contributed by atoms with E-state index in [-0.39, 0.29) is 0 Å². The number of esters is 1. The van der Waals surface area contributed by atoms with Gasteiger partial charge in [-0.25, -0.2) is 14.8 Å². The molecule has 0 radical (unpaired) electrons. The average molecular weight is 416 g/mol. The smallest absolute Gasteiger partial charge is 0.338 e. The molecule has 8 heteroatoms. The number of carbonyl (C=O) groups excluding carboxylic acids is 1. The highest BCUT2D eigenvalue weighted by molar-refractivity contribution is 5.90. The molecular weight excluding hydrogens is 396 g/mol. The van der Waals surface area contributed by atoms with E-state index in [1.807, 2.05) is 0 Å². The minimum atomic E-state index is -0.474. The highest BCUT2D eigenvalue weighted by Gasteiger charge is 2.31. The Balaban J connectivity index is 1.56. The Morgan fingerprint density at radius 2 is 1.87 bits per heavy atom. The molecule has 1 aliphatic carbocycles. The molecule has 1 aromatic heterocycles. The lowest BCUT2D eigenvalue weighted by Gasteiger charge is -2.17. The number of carbonyl (C=O) groups is 1. The van der Waals surface area contributed by atoms with Gasteiger partial charge in [0.25, 0.3) is 0 Å². The number of aromatic nitrogens is 2. The molecule has 0 saturated heterocycles. The number of rotatable bonds is 6. The van der Waals surface area contributed by atoms with Gasteiger partial charge in [-0.15, -0.1) is 0 Å². The molecule has 0 fully saturated rings. The number of ether oxygens (including phenoxy) is 3. The maximum absolute atomic E-state index is 12.8. The van der Waals surface area contributed by atoms with E-state index in [2.05, 4.69) is 21.4 Å². The summed E-state index contributed by atoms with van der Waals surface area (Å²) < 4.78 is 16.3. The molecule has 156 valence electrons. The number of nitrogens with one attached hydrogen (secondary N) is 1. The zero-order valence-electron chi connectivity index (χ0n) is 17.1. The highest BCUT2D eigenvalue weighted by Crippen LogP contribution is 2.38. The number of nitrogens with zero attached hydrogens (tertiary/aromatic N) is 3. The van der Waals surface area contributed by atoms with E-state index in [0.29, 0.717) is 41.3 Å². The van der Waals surface area contributed by atoms with Crippen LogP contribution in [0.1, 0.15) is 39.7 Å². The summed E-state index contributed by atoms with van der Waals surface area (Å²) in [5.41, 5.74) is 3.32. The van der Waals surface area contributed by atoms with Gasteiger partial charge in [0, 0.05) is 5.69 Å². The minimum absolute atomic E-state index is 0.365. The number of methoxy groups -OCH3 is 2. The molecule has 1 heterocycles. The van der Waals surface area contributed by atoms with Gasteiger partial charge in [-0.1, -0.05) is 0 Å². The van der Waals surface area contributed by atoms with Crippen LogP contribution in [-0.4, -0.2) is 30.2 Å². The van der Waals surface area contributed by atoms with E-state index >= 15 is 0 Å². The van der Waals surface area contributed by atoms with Crippen molar-refractivity contribution in [2.24, 2.45) is 0 Å². The fourth-order valence-electron chi connectivity index (χ4n) is 3.52.